The number of carboxylic acid groups (broad SMARTS) is 1. The summed E-state index contributed by atoms with van der Waals surface area (Å²) in [6, 6.07) is 26.4. The first-order valence-corrected chi connectivity index (χ1v) is 13.1. The summed E-state index contributed by atoms with van der Waals surface area (Å²) in [5.41, 5.74) is 5.32. The van der Waals surface area contributed by atoms with Crippen molar-refractivity contribution in [2.75, 3.05) is 44.2 Å². The fraction of sp³-hybridized carbons (Fsp3) is 0.333. The van der Waals surface area contributed by atoms with E-state index in [1.165, 1.54) is 5.69 Å². The Morgan fingerprint density at radius 3 is 2.03 bits per heavy atom. The molecule has 1 atom stereocenters. The lowest BCUT2D eigenvalue weighted by Crippen LogP contribution is -2.54. The molecule has 8 heteroatoms. The van der Waals surface area contributed by atoms with Crippen LogP contribution in [0.3, 0.4) is 0 Å². The number of piperidine rings is 1. The molecule has 2 heterocycles. The molecule has 3 N–H and O–H groups in total. The Balaban J connectivity index is 0.00000336. The molecule has 5 rings (SSSR count). The van der Waals surface area contributed by atoms with E-state index in [1.54, 1.807) is 6.21 Å². The lowest BCUT2D eigenvalue weighted by molar-refractivity contribution is -0.144. The van der Waals surface area contributed by atoms with Crippen molar-refractivity contribution in [3.8, 4) is 11.1 Å². The molecule has 7 nitrogen and oxygen atoms in total. The molecule has 0 bridgehead atoms. The first-order chi connectivity index (χ1) is 18.1. The molecule has 2 saturated heterocycles. The minimum atomic E-state index is -0.775. The normalized spacial score (nSPS) is 18.3. The summed E-state index contributed by atoms with van der Waals surface area (Å²) in [5, 5.41) is 13.7. The largest absolute Gasteiger partial charge is 0.480 e. The summed E-state index contributed by atoms with van der Waals surface area (Å²) >= 11 is 0. The van der Waals surface area contributed by atoms with E-state index in [-0.39, 0.29) is 12.4 Å². The van der Waals surface area contributed by atoms with Gasteiger partial charge in [0.25, 0.3) is 0 Å². The molecule has 3 aromatic rings. The average Bonchev–Trinajstić information content (AvgIpc) is 2.95. The average molecular weight is 534 g/mol. The van der Waals surface area contributed by atoms with Gasteiger partial charge in [0.2, 0.25) is 0 Å². The zero-order valence-corrected chi connectivity index (χ0v) is 22.3. The van der Waals surface area contributed by atoms with Crippen molar-refractivity contribution >= 4 is 30.3 Å². The number of aliphatic carboxylic acids is 1. The van der Waals surface area contributed by atoms with Crippen LogP contribution in [-0.2, 0) is 4.79 Å². The predicted octanol–water partition coefficient (Wildman–Crippen LogP) is 4.48. The van der Waals surface area contributed by atoms with Crippen molar-refractivity contribution in [1.29, 1.82) is 0 Å². The summed E-state index contributed by atoms with van der Waals surface area (Å²) in [7, 11) is 0. The first kappa shape index (κ1) is 27.6. The fourth-order valence-corrected chi connectivity index (χ4v) is 5.71. The number of piperazine rings is 1. The number of hydrogen-bond acceptors (Lipinski definition) is 6. The van der Waals surface area contributed by atoms with E-state index in [0.717, 1.165) is 74.4 Å². The van der Waals surface area contributed by atoms with Gasteiger partial charge in [-0.25, -0.2) is 0 Å². The Morgan fingerprint density at radius 2 is 1.45 bits per heavy atom. The molecule has 38 heavy (non-hydrogen) atoms. The molecule has 0 spiro atoms. The lowest BCUT2D eigenvalue weighted by atomic mass is 9.96. The third-order valence-electron chi connectivity index (χ3n) is 7.74. The Hall–Kier alpha value is -3.39. The van der Waals surface area contributed by atoms with Gasteiger partial charge >= 0.3 is 5.97 Å². The van der Waals surface area contributed by atoms with E-state index < -0.39 is 12.0 Å². The van der Waals surface area contributed by atoms with Crippen molar-refractivity contribution in [3.05, 3.63) is 90.0 Å². The smallest absolute Gasteiger partial charge is 0.325 e. The number of benzene rings is 3. The highest BCUT2D eigenvalue weighted by Gasteiger charge is 2.33. The number of anilines is 1. The van der Waals surface area contributed by atoms with Gasteiger partial charge < -0.3 is 15.8 Å². The van der Waals surface area contributed by atoms with Crippen LogP contribution in [0.2, 0.25) is 0 Å². The van der Waals surface area contributed by atoms with Crippen molar-refractivity contribution in [2.45, 2.75) is 24.9 Å². The van der Waals surface area contributed by atoms with Crippen molar-refractivity contribution in [1.82, 2.24) is 9.80 Å². The number of rotatable bonds is 7. The predicted molar refractivity (Wildman–Crippen MR) is 156 cm³/mol. The van der Waals surface area contributed by atoms with E-state index in [2.05, 4.69) is 44.1 Å². The standard InChI is InChI=1S/C30H35N5O2.ClH/c31-32-22-23-6-12-27(13-7-23)33-18-20-34(21-19-33)28-14-16-35(17-15-28)29(30(36)37)26-10-8-25(9-11-26)24-4-2-1-3-5-24;/h1-13,22,28-29H,14-21,31H2,(H,36,37);1H. The summed E-state index contributed by atoms with van der Waals surface area (Å²) in [5.74, 6) is 4.47. The Labute approximate surface area is 231 Å². The summed E-state index contributed by atoms with van der Waals surface area (Å²) in [6.45, 7) is 5.64. The van der Waals surface area contributed by atoms with E-state index in [0.29, 0.717) is 6.04 Å². The van der Waals surface area contributed by atoms with Crippen LogP contribution in [0, 0.1) is 0 Å². The van der Waals surface area contributed by atoms with Crippen LogP contribution in [0.25, 0.3) is 11.1 Å². The molecule has 200 valence electrons. The second-order valence-electron chi connectivity index (χ2n) is 9.89. The molecule has 0 amide bonds. The lowest BCUT2D eigenvalue weighted by Gasteiger charge is -2.44. The highest BCUT2D eigenvalue weighted by atomic mass is 35.5. The third kappa shape index (κ3) is 6.35. The maximum atomic E-state index is 12.3. The highest BCUT2D eigenvalue weighted by Crippen LogP contribution is 2.29. The molecular weight excluding hydrogens is 498 g/mol. The van der Waals surface area contributed by atoms with E-state index >= 15 is 0 Å². The molecule has 0 aliphatic carbocycles. The molecule has 3 aromatic carbocycles. The van der Waals surface area contributed by atoms with Crippen LogP contribution in [0.5, 0.6) is 0 Å². The molecule has 2 fully saturated rings. The van der Waals surface area contributed by atoms with Gasteiger partial charge in [-0.15, -0.1) is 12.4 Å². The highest BCUT2D eigenvalue weighted by molar-refractivity contribution is 5.85. The molecule has 0 saturated carbocycles. The van der Waals surface area contributed by atoms with Crippen LogP contribution >= 0.6 is 12.4 Å². The molecule has 0 radical (unpaired) electrons. The van der Waals surface area contributed by atoms with Crippen LogP contribution in [0.15, 0.2) is 84.0 Å². The SMILES string of the molecule is Cl.NN=Cc1ccc(N2CCN(C3CCN(C(C(=O)O)c4ccc(-c5ccccc5)cc4)CC3)CC2)cc1. The number of likely N-dealkylation sites (tertiary alicyclic amines) is 1. The second-order valence-corrected chi connectivity index (χ2v) is 9.89. The number of hydrazone groups is 1. The first-order valence-electron chi connectivity index (χ1n) is 13.1. The molecule has 2 aliphatic rings. The quantitative estimate of drug-likeness (QED) is 0.264. The number of halogens is 1. The number of carbonyl (C=O) groups is 1. The molecule has 2 aliphatic heterocycles. The van der Waals surface area contributed by atoms with Crippen molar-refractivity contribution in [2.24, 2.45) is 10.9 Å². The van der Waals surface area contributed by atoms with Crippen LogP contribution in [0.1, 0.15) is 30.0 Å². The summed E-state index contributed by atoms with van der Waals surface area (Å²) in [4.78, 5) is 19.4. The van der Waals surface area contributed by atoms with Crippen molar-refractivity contribution in [3.63, 3.8) is 0 Å². The Morgan fingerprint density at radius 1 is 0.842 bits per heavy atom. The molecular formula is C30H36ClN5O2. The van der Waals surface area contributed by atoms with E-state index in [4.69, 9.17) is 5.84 Å². The second kappa shape index (κ2) is 12.9. The topological polar surface area (TPSA) is 85.4 Å². The van der Waals surface area contributed by atoms with Gasteiger partial charge in [0.1, 0.15) is 6.04 Å². The number of carboxylic acids is 1. The molecule has 1 unspecified atom stereocenters. The zero-order chi connectivity index (χ0) is 25.6. The maximum absolute atomic E-state index is 12.3. The Bertz CT molecular complexity index is 1190. The van der Waals surface area contributed by atoms with Crippen molar-refractivity contribution < 1.29 is 9.90 Å². The third-order valence-corrected chi connectivity index (χ3v) is 7.74. The van der Waals surface area contributed by atoms with Gasteiger partial charge in [-0.1, -0.05) is 66.7 Å². The van der Waals surface area contributed by atoms with Crippen LogP contribution in [-0.4, -0.2) is 72.4 Å². The minimum Gasteiger partial charge on any atom is -0.480 e. The molecule has 0 aromatic heterocycles. The van der Waals surface area contributed by atoms with Gasteiger partial charge in [-0.2, -0.15) is 5.10 Å². The van der Waals surface area contributed by atoms with Crippen LogP contribution < -0.4 is 10.7 Å². The monoisotopic (exact) mass is 533 g/mol. The number of nitrogens with zero attached hydrogens (tertiary/aromatic N) is 4. The minimum absolute atomic E-state index is 0. The van der Waals surface area contributed by atoms with E-state index in [1.807, 2.05) is 54.6 Å². The zero-order valence-electron chi connectivity index (χ0n) is 21.5. The number of nitrogens with two attached hydrogens (primary N) is 1. The van der Waals surface area contributed by atoms with Gasteiger partial charge in [0, 0.05) is 51.0 Å². The summed E-state index contributed by atoms with van der Waals surface area (Å²) < 4.78 is 0. The van der Waals surface area contributed by atoms with E-state index in [9.17, 15) is 9.90 Å². The van der Waals surface area contributed by atoms with Gasteiger partial charge in [-0.3, -0.25) is 14.6 Å². The Kier molecular flexibility index (Phi) is 9.39. The summed E-state index contributed by atoms with van der Waals surface area (Å²) in [6.07, 6.45) is 3.65. The fourth-order valence-electron chi connectivity index (χ4n) is 5.71. The van der Waals surface area contributed by atoms with Gasteiger partial charge in [0.05, 0.1) is 6.21 Å². The van der Waals surface area contributed by atoms with Gasteiger partial charge in [0.15, 0.2) is 0 Å². The van der Waals surface area contributed by atoms with Gasteiger partial charge in [-0.05, 0) is 47.2 Å². The maximum Gasteiger partial charge on any atom is 0.325 e. The van der Waals surface area contributed by atoms with Crippen LogP contribution in [0.4, 0.5) is 5.69 Å². The number of hydrogen-bond donors (Lipinski definition) is 2.